The Bertz CT molecular complexity index is 841. The van der Waals surface area contributed by atoms with Crippen LogP contribution in [0, 0.1) is 5.92 Å². The smallest absolute Gasteiger partial charge is 0.480 e. The molecule has 1 aromatic rings. The van der Waals surface area contributed by atoms with E-state index in [1.807, 2.05) is 6.92 Å². The van der Waals surface area contributed by atoms with E-state index in [9.17, 15) is 24.3 Å². The summed E-state index contributed by atoms with van der Waals surface area (Å²) in [5.74, 6) is -1.95. The number of carbonyl (C=O) groups is 4. The molecule has 0 bridgehead atoms. The molecular formula is C23H33NO10. The van der Waals surface area contributed by atoms with Crippen molar-refractivity contribution in [1.82, 2.24) is 5.32 Å². The molecule has 190 valence electrons. The Kier molecular flexibility index (Phi) is 12.4. The molecule has 0 saturated carbocycles. The van der Waals surface area contributed by atoms with Crippen molar-refractivity contribution in [2.24, 2.45) is 5.92 Å². The molecule has 0 aliphatic carbocycles. The number of carboxylic acid groups (broad SMARTS) is 1. The zero-order chi connectivity index (χ0) is 25.7. The van der Waals surface area contributed by atoms with E-state index < -0.39 is 30.4 Å². The van der Waals surface area contributed by atoms with E-state index in [0.29, 0.717) is 12.0 Å². The minimum Gasteiger partial charge on any atom is -0.480 e. The van der Waals surface area contributed by atoms with Crippen LogP contribution in [0.5, 0.6) is 11.5 Å². The topological polar surface area (TPSA) is 147 Å². The zero-order valence-corrected chi connectivity index (χ0v) is 20.1. The van der Waals surface area contributed by atoms with Gasteiger partial charge < -0.3 is 34.1 Å². The summed E-state index contributed by atoms with van der Waals surface area (Å²) in [5, 5.41) is 12.5. The molecule has 0 aromatic heterocycles. The standard InChI is InChI=1S/C23H33NO10/c1-6-14(4)21(27)32-15(5)13-24-17(20(25)26)11-16-9-10-18(33-22(28)30-7-2)19(12-16)34-23(29)31-8-3/h9-10,12,14-15,17,24H,6-8,11,13H2,1-5H3,(H,25,26)/t14?,15?,17-/m0/s1. The summed E-state index contributed by atoms with van der Waals surface area (Å²) >= 11 is 0. The third-order valence-electron chi connectivity index (χ3n) is 4.64. The summed E-state index contributed by atoms with van der Waals surface area (Å²) < 4.78 is 24.9. The van der Waals surface area contributed by atoms with Crippen LogP contribution in [0.3, 0.4) is 0 Å². The van der Waals surface area contributed by atoms with Crippen LogP contribution in [0.25, 0.3) is 0 Å². The second-order valence-corrected chi connectivity index (χ2v) is 7.41. The Balaban J connectivity index is 2.94. The minimum absolute atomic E-state index is 0.000233. The van der Waals surface area contributed by atoms with Crippen molar-refractivity contribution in [3.05, 3.63) is 23.8 Å². The fourth-order valence-corrected chi connectivity index (χ4v) is 2.63. The molecule has 11 heteroatoms. The van der Waals surface area contributed by atoms with E-state index in [2.05, 4.69) is 5.32 Å². The Labute approximate surface area is 198 Å². The van der Waals surface area contributed by atoms with Gasteiger partial charge in [0.05, 0.1) is 19.1 Å². The van der Waals surface area contributed by atoms with Crippen LogP contribution in [0.2, 0.25) is 0 Å². The van der Waals surface area contributed by atoms with Gasteiger partial charge in [0, 0.05) is 6.54 Å². The maximum absolute atomic E-state index is 11.9. The predicted octanol–water partition coefficient (Wildman–Crippen LogP) is 3.32. The molecule has 3 atom stereocenters. The second kappa shape index (κ2) is 14.7. The van der Waals surface area contributed by atoms with E-state index in [0.717, 1.165) is 0 Å². The molecular weight excluding hydrogens is 450 g/mol. The van der Waals surface area contributed by atoms with Crippen LogP contribution < -0.4 is 14.8 Å². The van der Waals surface area contributed by atoms with Crippen LogP contribution in [0.4, 0.5) is 9.59 Å². The van der Waals surface area contributed by atoms with Gasteiger partial charge in [0.15, 0.2) is 11.5 Å². The van der Waals surface area contributed by atoms with Gasteiger partial charge in [-0.2, -0.15) is 0 Å². The van der Waals surface area contributed by atoms with Gasteiger partial charge in [-0.15, -0.1) is 0 Å². The highest BCUT2D eigenvalue weighted by Gasteiger charge is 2.23. The lowest BCUT2D eigenvalue weighted by Crippen LogP contribution is -2.43. The fraction of sp³-hybridized carbons (Fsp3) is 0.565. The van der Waals surface area contributed by atoms with E-state index in [1.165, 1.54) is 18.2 Å². The monoisotopic (exact) mass is 483 g/mol. The second-order valence-electron chi connectivity index (χ2n) is 7.41. The van der Waals surface area contributed by atoms with Crippen molar-refractivity contribution >= 4 is 24.2 Å². The molecule has 34 heavy (non-hydrogen) atoms. The molecule has 0 aliphatic heterocycles. The lowest BCUT2D eigenvalue weighted by atomic mass is 10.0. The number of hydrogen-bond donors (Lipinski definition) is 2. The first-order valence-electron chi connectivity index (χ1n) is 11.1. The van der Waals surface area contributed by atoms with Crippen molar-refractivity contribution in [3.8, 4) is 11.5 Å². The van der Waals surface area contributed by atoms with E-state index in [1.54, 1.807) is 27.7 Å². The summed E-state index contributed by atoms with van der Waals surface area (Å²) in [7, 11) is 0. The Hall–Kier alpha value is -3.34. The highest BCUT2D eigenvalue weighted by Crippen LogP contribution is 2.30. The molecule has 2 unspecified atom stereocenters. The summed E-state index contributed by atoms with van der Waals surface area (Å²) in [6.07, 6.45) is -1.90. The molecule has 0 saturated heterocycles. The molecule has 0 amide bonds. The number of hydrogen-bond acceptors (Lipinski definition) is 10. The van der Waals surface area contributed by atoms with E-state index >= 15 is 0 Å². The van der Waals surface area contributed by atoms with Gasteiger partial charge in [-0.25, -0.2) is 9.59 Å². The lowest BCUT2D eigenvalue weighted by molar-refractivity contribution is -0.152. The number of aliphatic carboxylic acids is 1. The van der Waals surface area contributed by atoms with Crippen LogP contribution >= 0.6 is 0 Å². The molecule has 11 nitrogen and oxygen atoms in total. The number of ether oxygens (including phenoxy) is 5. The van der Waals surface area contributed by atoms with Crippen LogP contribution in [-0.4, -0.2) is 61.3 Å². The number of esters is 1. The van der Waals surface area contributed by atoms with Crippen LogP contribution in [0.1, 0.15) is 46.6 Å². The molecule has 0 heterocycles. The van der Waals surface area contributed by atoms with Crippen molar-refractivity contribution in [2.45, 2.75) is 59.6 Å². The van der Waals surface area contributed by atoms with Crippen molar-refractivity contribution < 1.29 is 48.0 Å². The van der Waals surface area contributed by atoms with Gasteiger partial charge in [-0.3, -0.25) is 9.59 Å². The maximum Gasteiger partial charge on any atom is 0.513 e. The third-order valence-corrected chi connectivity index (χ3v) is 4.64. The number of nitrogens with one attached hydrogen (secondary N) is 1. The molecule has 1 aromatic carbocycles. The highest BCUT2D eigenvalue weighted by atomic mass is 16.7. The van der Waals surface area contributed by atoms with Crippen LogP contribution in [0.15, 0.2) is 18.2 Å². The van der Waals surface area contributed by atoms with Gasteiger partial charge >= 0.3 is 24.2 Å². The third kappa shape index (κ3) is 10.1. The fourth-order valence-electron chi connectivity index (χ4n) is 2.63. The maximum atomic E-state index is 11.9. The Morgan fingerprint density at radius 1 is 0.941 bits per heavy atom. The van der Waals surface area contributed by atoms with E-state index in [-0.39, 0.29) is 49.6 Å². The van der Waals surface area contributed by atoms with E-state index in [4.69, 9.17) is 23.7 Å². The molecule has 0 spiro atoms. The highest BCUT2D eigenvalue weighted by molar-refractivity contribution is 5.74. The number of carbonyl (C=O) groups excluding carboxylic acids is 3. The number of carboxylic acids is 1. The Morgan fingerprint density at radius 3 is 2.06 bits per heavy atom. The molecule has 2 N–H and O–H groups in total. The first-order chi connectivity index (χ1) is 16.1. The first-order valence-corrected chi connectivity index (χ1v) is 11.1. The van der Waals surface area contributed by atoms with Crippen molar-refractivity contribution in [2.75, 3.05) is 19.8 Å². The van der Waals surface area contributed by atoms with Crippen molar-refractivity contribution in [1.29, 1.82) is 0 Å². The normalized spacial score (nSPS) is 13.2. The average Bonchev–Trinajstić information content (AvgIpc) is 2.77. The van der Waals surface area contributed by atoms with Gasteiger partial charge in [-0.1, -0.05) is 19.9 Å². The molecule has 0 fully saturated rings. The lowest BCUT2D eigenvalue weighted by Gasteiger charge is -2.20. The van der Waals surface area contributed by atoms with Crippen LogP contribution in [-0.2, 0) is 30.2 Å². The summed E-state index contributed by atoms with van der Waals surface area (Å²) in [4.78, 5) is 47.1. The van der Waals surface area contributed by atoms with Gasteiger partial charge in [0.1, 0.15) is 12.1 Å². The number of rotatable bonds is 13. The quantitative estimate of drug-likeness (QED) is 0.242. The van der Waals surface area contributed by atoms with Gasteiger partial charge in [-0.05, 0) is 51.3 Å². The molecule has 0 aliphatic rings. The van der Waals surface area contributed by atoms with Gasteiger partial charge in [0.25, 0.3) is 0 Å². The minimum atomic E-state index is -1.12. The summed E-state index contributed by atoms with van der Waals surface area (Å²) in [6, 6.07) is 3.22. The summed E-state index contributed by atoms with van der Waals surface area (Å²) in [5.41, 5.74) is 0.472. The SMILES string of the molecule is CCOC(=O)Oc1ccc(C[C@H](NCC(C)OC(=O)C(C)CC)C(=O)O)cc1OC(=O)OCC. The van der Waals surface area contributed by atoms with Crippen molar-refractivity contribution in [3.63, 3.8) is 0 Å². The average molecular weight is 484 g/mol. The first kappa shape index (κ1) is 28.7. The number of benzene rings is 1. The molecule has 0 radical (unpaired) electrons. The largest absolute Gasteiger partial charge is 0.513 e. The zero-order valence-electron chi connectivity index (χ0n) is 20.1. The Morgan fingerprint density at radius 2 is 1.53 bits per heavy atom. The van der Waals surface area contributed by atoms with Gasteiger partial charge in [0.2, 0.25) is 0 Å². The molecule has 1 rings (SSSR count). The predicted molar refractivity (Wildman–Crippen MR) is 120 cm³/mol. The summed E-state index contributed by atoms with van der Waals surface area (Å²) in [6.45, 7) is 8.77.